The van der Waals surface area contributed by atoms with Crippen LogP contribution in [0.5, 0.6) is 0 Å². The Labute approximate surface area is 233 Å². The second-order valence-corrected chi connectivity index (χ2v) is 10.7. The maximum Gasteiger partial charge on any atom is 0.326 e. The number of carbonyl (C=O) groups is 3. The highest BCUT2D eigenvalue weighted by atomic mass is 32.2. The highest BCUT2D eigenvalue weighted by Crippen LogP contribution is 2.13. The summed E-state index contributed by atoms with van der Waals surface area (Å²) in [5, 5.41) is 14.7. The van der Waals surface area contributed by atoms with Crippen molar-refractivity contribution in [2.75, 3.05) is 6.54 Å². The van der Waals surface area contributed by atoms with Crippen LogP contribution in [-0.2, 0) is 32.5 Å². The van der Waals surface area contributed by atoms with Crippen molar-refractivity contribution in [2.24, 2.45) is 5.73 Å². The van der Waals surface area contributed by atoms with Crippen LogP contribution < -0.4 is 21.1 Å². The van der Waals surface area contributed by atoms with Crippen LogP contribution in [0.25, 0.3) is 0 Å². The van der Waals surface area contributed by atoms with Crippen LogP contribution in [-0.4, -0.2) is 50.1 Å². The molecule has 0 bridgehead atoms. The van der Waals surface area contributed by atoms with Crippen molar-refractivity contribution in [2.45, 2.75) is 36.7 Å². The minimum Gasteiger partial charge on any atom is -0.480 e. The van der Waals surface area contributed by atoms with Crippen molar-refractivity contribution < 1.29 is 27.9 Å². The number of amides is 3. The van der Waals surface area contributed by atoms with Crippen LogP contribution in [0.1, 0.15) is 22.3 Å². The van der Waals surface area contributed by atoms with Crippen molar-refractivity contribution >= 4 is 27.9 Å². The number of rotatable bonds is 11. The summed E-state index contributed by atoms with van der Waals surface area (Å²) in [5.41, 5.74) is 7.82. The van der Waals surface area contributed by atoms with E-state index in [0.717, 1.165) is 5.56 Å². The summed E-state index contributed by atoms with van der Waals surface area (Å²) < 4.78 is 28.6. The lowest BCUT2D eigenvalue weighted by molar-refractivity contribution is -0.142. The number of aliphatic carboxylic acids is 1. The molecule has 0 aliphatic rings. The third-order valence-electron chi connectivity index (χ3n) is 5.82. The maximum absolute atomic E-state index is 13.3. The van der Waals surface area contributed by atoms with E-state index in [1.54, 1.807) is 66.7 Å². The molecule has 10 nitrogen and oxygen atoms in total. The summed E-state index contributed by atoms with van der Waals surface area (Å²) in [5.74, 6) is 3.54. The molecule has 6 N–H and O–H groups in total. The molecule has 208 valence electrons. The molecule has 0 aromatic heterocycles. The summed E-state index contributed by atoms with van der Waals surface area (Å²) in [4.78, 5) is 36.0. The summed E-state index contributed by atoms with van der Waals surface area (Å²) in [6, 6.07) is 18.5. The lowest BCUT2D eigenvalue weighted by Crippen LogP contribution is -2.53. The normalized spacial score (nSPS) is 12.3. The number of nitrogens with one attached hydrogen (secondary N) is 3. The van der Waals surface area contributed by atoms with E-state index in [0.29, 0.717) is 16.7 Å². The van der Waals surface area contributed by atoms with E-state index in [1.165, 1.54) is 12.1 Å². The van der Waals surface area contributed by atoms with E-state index in [2.05, 4.69) is 27.2 Å². The lowest BCUT2D eigenvalue weighted by atomic mass is 10.0. The number of nitrogens with two attached hydrogens (primary N) is 1. The topological polar surface area (TPSA) is 168 Å². The smallest absolute Gasteiger partial charge is 0.326 e. The van der Waals surface area contributed by atoms with Gasteiger partial charge in [-0.05, 0) is 48.7 Å². The Morgan fingerprint density at radius 1 is 0.875 bits per heavy atom. The number of primary amides is 1. The van der Waals surface area contributed by atoms with Gasteiger partial charge in [0.1, 0.15) is 12.1 Å². The molecule has 0 unspecified atom stereocenters. The van der Waals surface area contributed by atoms with Crippen LogP contribution in [0.3, 0.4) is 0 Å². The molecule has 0 aliphatic carbocycles. The number of hydrogen-bond donors (Lipinski definition) is 5. The quantitative estimate of drug-likeness (QED) is 0.223. The minimum atomic E-state index is -4.08. The molecule has 11 heteroatoms. The lowest BCUT2D eigenvalue weighted by Gasteiger charge is -2.22. The highest BCUT2D eigenvalue weighted by Gasteiger charge is 2.29. The SMILES string of the molecule is Cc1ccc(S(=O)(=O)N[C@@H](Cc2ccccc2)C(=O)N[C@@H](Cc2ccc(C#CCNC(N)=O)cc2)C(=O)O)cc1. The standard InChI is InChI=1S/C29H30N4O6S/c1-20-9-15-24(16-10-20)40(38,39)33-25(18-22-6-3-2-4-7-22)27(34)32-26(28(35)36)19-23-13-11-21(12-14-23)8-5-17-31-29(30)37/h2-4,6-7,9-16,25-26,33H,17-19H2,1H3,(H,32,34)(H,35,36)(H3,30,31,37)/t25-,26-/m0/s1. The summed E-state index contributed by atoms with van der Waals surface area (Å²) >= 11 is 0. The first-order valence-electron chi connectivity index (χ1n) is 12.3. The monoisotopic (exact) mass is 562 g/mol. The Morgan fingerprint density at radius 2 is 1.48 bits per heavy atom. The fraction of sp³-hybridized carbons (Fsp3) is 0.207. The number of carbonyl (C=O) groups excluding carboxylic acids is 2. The van der Waals surface area contributed by atoms with E-state index in [1.807, 2.05) is 6.92 Å². The van der Waals surface area contributed by atoms with E-state index in [9.17, 15) is 27.9 Å². The molecule has 0 spiro atoms. The number of sulfonamides is 1. The van der Waals surface area contributed by atoms with Gasteiger partial charge in [0.05, 0.1) is 11.4 Å². The van der Waals surface area contributed by atoms with Crippen LogP contribution in [0.2, 0.25) is 0 Å². The molecule has 0 saturated heterocycles. The third kappa shape index (κ3) is 9.27. The van der Waals surface area contributed by atoms with Crippen LogP contribution in [0, 0.1) is 18.8 Å². The average molecular weight is 563 g/mol. The van der Waals surface area contributed by atoms with E-state index < -0.39 is 40.0 Å². The number of aryl methyl sites for hydroxylation is 1. The number of hydrogen-bond acceptors (Lipinski definition) is 5. The van der Waals surface area contributed by atoms with Gasteiger partial charge >= 0.3 is 12.0 Å². The van der Waals surface area contributed by atoms with Crippen LogP contribution in [0.15, 0.2) is 83.8 Å². The molecule has 0 aliphatic heterocycles. The van der Waals surface area contributed by atoms with Crippen molar-refractivity contribution in [1.29, 1.82) is 0 Å². The van der Waals surface area contributed by atoms with Crippen molar-refractivity contribution in [3.63, 3.8) is 0 Å². The fourth-order valence-corrected chi connectivity index (χ4v) is 4.92. The van der Waals surface area contributed by atoms with Crippen molar-refractivity contribution in [1.82, 2.24) is 15.4 Å². The summed E-state index contributed by atoms with van der Waals surface area (Å²) in [7, 11) is -4.08. The van der Waals surface area contributed by atoms with Crippen LogP contribution >= 0.6 is 0 Å². The molecule has 0 saturated carbocycles. The number of carboxylic acid groups (broad SMARTS) is 1. The molecular formula is C29H30N4O6S. The zero-order valence-corrected chi connectivity index (χ0v) is 22.6. The van der Waals surface area contributed by atoms with Gasteiger partial charge in [0, 0.05) is 12.0 Å². The fourth-order valence-electron chi connectivity index (χ4n) is 3.72. The second-order valence-electron chi connectivity index (χ2n) is 9.00. The zero-order valence-electron chi connectivity index (χ0n) is 21.8. The predicted molar refractivity (Wildman–Crippen MR) is 150 cm³/mol. The molecule has 3 rings (SSSR count). The van der Waals surface area contributed by atoms with E-state index >= 15 is 0 Å². The van der Waals surface area contributed by atoms with Gasteiger partial charge in [-0.2, -0.15) is 4.72 Å². The predicted octanol–water partition coefficient (Wildman–Crippen LogP) is 1.72. The highest BCUT2D eigenvalue weighted by molar-refractivity contribution is 7.89. The molecule has 3 aromatic carbocycles. The first-order valence-corrected chi connectivity index (χ1v) is 13.8. The Balaban J connectivity index is 1.75. The van der Waals surface area contributed by atoms with Gasteiger partial charge in [0.15, 0.2) is 0 Å². The second kappa shape index (κ2) is 13.9. The molecular weight excluding hydrogens is 532 g/mol. The number of urea groups is 1. The first-order chi connectivity index (χ1) is 19.0. The maximum atomic E-state index is 13.3. The van der Waals surface area contributed by atoms with Gasteiger partial charge in [-0.25, -0.2) is 18.0 Å². The van der Waals surface area contributed by atoms with Gasteiger partial charge in [0.25, 0.3) is 0 Å². The third-order valence-corrected chi connectivity index (χ3v) is 7.31. The Hall–Kier alpha value is -4.66. The Kier molecular flexibility index (Phi) is 10.4. The number of carboxylic acids is 1. The Bertz CT molecular complexity index is 1500. The zero-order chi connectivity index (χ0) is 29.1. The van der Waals surface area contributed by atoms with Gasteiger partial charge in [-0.15, -0.1) is 0 Å². The van der Waals surface area contributed by atoms with Gasteiger partial charge in [-0.3, -0.25) is 4.79 Å². The van der Waals surface area contributed by atoms with E-state index in [-0.39, 0.29) is 24.3 Å². The van der Waals surface area contributed by atoms with Crippen molar-refractivity contribution in [3.05, 3.63) is 101 Å². The summed E-state index contributed by atoms with van der Waals surface area (Å²) in [6.45, 7) is 1.91. The minimum absolute atomic E-state index is 0.00709. The molecule has 3 amide bonds. The molecule has 0 fully saturated rings. The van der Waals surface area contributed by atoms with Crippen molar-refractivity contribution in [3.8, 4) is 11.8 Å². The molecule has 3 aromatic rings. The molecule has 0 radical (unpaired) electrons. The van der Waals surface area contributed by atoms with E-state index in [4.69, 9.17) is 5.73 Å². The van der Waals surface area contributed by atoms with Crippen LogP contribution in [0.4, 0.5) is 4.79 Å². The van der Waals surface area contributed by atoms with Gasteiger partial charge in [0.2, 0.25) is 15.9 Å². The number of benzene rings is 3. The van der Waals surface area contributed by atoms with Gasteiger partial charge < -0.3 is 21.5 Å². The first kappa shape index (κ1) is 29.9. The average Bonchev–Trinajstić information content (AvgIpc) is 2.91. The Morgan fingerprint density at radius 3 is 2.08 bits per heavy atom. The molecule has 0 heterocycles. The molecule has 2 atom stereocenters. The summed E-state index contributed by atoms with van der Waals surface area (Å²) in [6.07, 6.45) is -0.0249. The van der Waals surface area contributed by atoms with Gasteiger partial charge in [-0.1, -0.05) is 72.0 Å². The molecule has 40 heavy (non-hydrogen) atoms. The largest absolute Gasteiger partial charge is 0.480 e.